The topological polar surface area (TPSA) is 110 Å². The van der Waals surface area contributed by atoms with Crippen LogP contribution >= 0.6 is 21.5 Å². The lowest BCUT2D eigenvalue weighted by molar-refractivity contribution is 0.106. The van der Waals surface area contributed by atoms with Crippen molar-refractivity contribution in [3.05, 3.63) is 59.7 Å². The molecular weight excluding hydrogens is 479 g/mol. The normalized spacial score (nSPS) is 22.0. The van der Waals surface area contributed by atoms with Gasteiger partial charge in [-0.25, -0.2) is 23.4 Å². The molecule has 2 aliphatic rings. The van der Waals surface area contributed by atoms with Crippen LogP contribution in [0.4, 0.5) is 5.69 Å². The molecule has 1 heterocycles. The summed E-state index contributed by atoms with van der Waals surface area (Å²) in [6, 6.07) is 13.3. The average Bonchev–Trinajstić information content (AvgIpc) is 2.80. The Bertz CT molecular complexity index is 1330. The number of benzene rings is 2. The van der Waals surface area contributed by atoms with Gasteiger partial charge in [-0.1, -0.05) is 52.6 Å². The number of aliphatic imine (C=N–C) groups is 3. The van der Waals surface area contributed by atoms with Gasteiger partial charge in [0, 0.05) is 33.8 Å². The molecule has 0 fully saturated rings. The summed E-state index contributed by atoms with van der Waals surface area (Å²) in [5.74, 6) is -0.501. The number of amidine groups is 1. The number of carbonyl (C=O) groups is 1. The van der Waals surface area contributed by atoms with Gasteiger partial charge in [0.05, 0.1) is 23.4 Å². The third-order valence-corrected chi connectivity index (χ3v) is 7.66. The molecule has 3 atom stereocenters. The van der Waals surface area contributed by atoms with Crippen molar-refractivity contribution in [3.63, 3.8) is 0 Å². The summed E-state index contributed by atoms with van der Waals surface area (Å²) >= 11 is 5.55. The van der Waals surface area contributed by atoms with Gasteiger partial charge in [0.25, 0.3) is 0 Å². The Morgan fingerprint density at radius 3 is 2.48 bits per heavy atom. The number of ketones is 1. The number of Topliss-reactive ketones (excluding diaryl/α,β-unsaturated/α-hetero) is 1. The molecule has 170 valence electrons. The Hall–Kier alpha value is -2.65. The first-order chi connectivity index (χ1) is 15.7. The fraction of sp³-hybridized carbons (Fsp3) is 0.227. The number of ether oxygens (including phenoxy) is 1. The highest BCUT2D eigenvalue weighted by atomic mass is 32.2. The van der Waals surface area contributed by atoms with Crippen LogP contribution in [0.25, 0.3) is 0 Å². The molecule has 3 unspecified atom stereocenters. The molecule has 2 aromatic rings. The van der Waals surface area contributed by atoms with Crippen molar-refractivity contribution < 1.29 is 17.9 Å². The lowest BCUT2D eigenvalue weighted by atomic mass is 9.82. The smallest absolute Gasteiger partial charge is 0.313 e. The van der Waals surface area contributed by atoms with Crippen molar-refractivity contribution in [1.82, 2.24) is 4.72 Å². The zero-order valence-electron chi connectivity index (χ0n) is 17.8. The van der Waals surface area contributed by atoms with E-state index in [0.717, 1.165) is 5.56 Å². The van der Waals surface area contributed by atoms with Gasteiger partial charge in [0.15, 0.2) is 0 Å². The molecule has 0 radical (unpaired) electrons. The molecule has 0 saturated heterocycles. The third-order valence-electron chi connectivity index (χ3n) is 5.25. The number of hydrogen-bond donors (Lipinski definition) is 1. The molecule has 11 heteroatoms. The van der Waals surface area contributed by atoms with E-state index >= 15 is 0 Å². The molecule has 1 N–H and O–H groups in total. The summed E-state index contributed by atoms with van der Waals surface area (Å²) in [5.41, 5.74) is 2.72. The predicted octanol–water partition coefficient (Wildman–Crippen LogP) is 3.29. The average molecular weight is 501 g/mol. The first-order valence-electron chi connectivity index (χ1n) is 10.0. The van der Waals surface area contributed by atoms with Crippen LogP contribution in [0, 0.1) is 5.92 Å². The number of hydrogen-bond acceptors (Lipinski definition) is 8. The molecule has 2 aromatic carbocycles. The third kappa shape index (κ3) is 4.84. The zero-order chi connectivity index (χ0) is 23.8. The van der Waals surface area contributed by atoms with E-state index in [1.54, 1.807) is 24.3 Å². The summed E-state index contributed by atoms with van der Waals surface area (Å²) < 4.78 is 33.2. The molecule has 1 aliphatic heterocycles. The van der Waals surface area contributed by atoms with Crippen molar-refractivity contribution in [2.75, 3.05) is 7.11 Å². The minimum absolute atomic E-state index is 0.0531. The summed E-state index contributed by atoms with van der Waals surface area (Å²) in [7, 11) is 0.00474. The number of methoxy groups -OCH3 is 1. The van der Waals surface area contributed by atoms with Gasteiger partial charge in [-0.3, -0.25) is 4.79 Å². The quantitative estimate of drug-likeness (QED) is 0.512. The standard InChI is InChI=1S/C22H21N4O4PS2/c1-12-19(20(27)15-5-3-4-6-16(15)21(12)32)23-13-7-9-14(10-8-13)33(28,29)26-17-11-18(31)25-22(24-17)30-2/h3-10,12,17,26H,11,31H2,1-2H3. The van der Waals surface area contributed by atoms with Crippen LogP contribution in [0.3, 0.4) is 0 Å². The summed E-state index contributed by atoms with van der Waals surface area (Å²) in [6.07, 6.45) is -0.416. The number of thiocarbonyl (C=S) groups is 1. The predicted molar refractivity (Wildman–Crippen MR) is 135 cm³/mol. The largest absolute Gasteiger partial charge is 0.467 e. The molecular formula is C22H21N4O4PS2. The van der Waals surface area contributed by atoms with Crippen LogP contribution in [0.5, 0.6) is 0 Å². The van der Waals surface area contributed by atoms with Gasteiger partial charge in [0.1, 0.15) is 6.17 Å². The molecule has 33 heavy (non-hydrogen) atoms. The van der Waals surface area contributed by atoms with Gasteiger partial charge >= 0.3 is 6.02 Å². The minimum atomic E-state index is -3.85. The molecule has 0 amide bonds. The fourth-order valence-corrected chi connectivity index (χ4v) is 5.31. The van der Waals surface area contributed by atoms with Gasteiger partial charge in [0.2, 0.25) is 15.8 Å². The highest BCUT2D eigenvalue weighted by Crippen LogP contribution is 2.27. The van der Waals surface area contributed by atoms with E-state index in [0.29, 0.717) is 33.7 Å². The van der Waals surface area contributed by atoms with Gasteiger partial charge in [-0.2, -0.15) is 4.72 Å². The second kappa shape index (κ2) is 9.30. The maximum atomic E-state index is 13.0. The van der Waals surface area contributed by atoms with Crippen molar-refractivity contribution in [2.24, 2.45) is 20.9 Å². The van der Waals surface area contributed by atoms with Crippen molar-refractivity contribution >= 4 is 65.0 Å². The highest BCUT2D eigenvalue weighted by Gasteiger charge is 2.32. The molecule has 0 aromatic heterocycles. The first kappa shape index (κ1) is 23.5. The maximum absolute atomic E-state index is 13.0. The minimum Gasteiger partial charge on any atom is -0.467 e. The van der Waals surface area contributed by atoms with Crippen LogP contribution in [0.1, 0.15) is 29.3 Å². The first-order valence-corrected chi connectivity index (χ1v) is 12.5. The van der Waals surface area contributed by atoms with E-state index in [-0.39, 0.29) is 22.6 Å². The van der Waals surface area contributed by atoms with E-state index in [1.807, 2.05) is 19.1 Å². The Kier molecular flexibility index (Phi) is 6.63. The van der Waals surface area contributed by atoms with E-state index in [4.69, 9.17) is 17.0 Å². The molecule has 0 saturated carbocycles. The lowest BCUT2D eigenvalue weighted by Gasteiger charge is -2.23. The van der Waals surface area contributed by atoms with Crippen LogP contribution in [-0.2, 0) is 14.8 Å². The van der Waals surface area contributed by atoms with Crippen molar-refractivity contribution in [3.8, 4) is 0 Å². The second-order valence-corrected chi connectivity index (χ2v) is 10.3. The number of nitrogens with zero attached hydrogens (tertiary/aromatic N) is 3. The molecule has 0 spiro atoms. The Labute approximate surface area is 199 Å². The van der Waals surface area contributed by atoms with Crippen LogP contribution in [-0.4, -0.2) is 49.5 Å². The van der Waals surface area contributed by atoms with E-state index in [9.17, 15) is 13.2 Å². The van der Waals surface area contributed by atoms with Crippen LogP contribution in [0.2, 0.25) is 0 Å². The highest BCUT2D eigenvalue weighted by molar-refractivity contribution is 7.89. The summed E-state index contributed by atoms with van der Waals surface area (Å²) in [5, 5.41) is 0. The van der Waals surface area contributed by atoms with E-state index < -0.39 is 16.2 Å². The van der Waals surface area contributed by atoms with E-state index in [1.165, 1.54) is 19.2 Å². The Morgan fingerprint density at radius 2 is 1.82 bits per heavy atom. The maximum Gasteiger partial charge on any atom is 0.313 e. The van der Waals surface area contributed by atoms with Crippen molar-refractivity contribution in [2.45, 2.75) is 24.4 Å². The Balaban J connectivity index is 1.57. The number of fused-ring (bicyclic) bond motifs is 1. The molecule has 1 aliphatic carbocycles. The van der Waals surface area contributed by atoms with Crippen molar-refractivity contribution in [1.29, 1.82) is 0 Å². The number of carbonyl (C=O) groups excluding carboxylic acids is 1. The van der Waals surface area contributed by atoms with Crippen LogP contribution in [0.15, 0.2) is 68.4 Å². The number of sulfonamides is 1. The zero-order valence-corrected chi connectivity index (χ0v) is 20.6. The second-order valence-electron chi connectivity index (χ2n) is 7.51. The Morgan fingerprint density at radius 1 is 1.15 bits per heavy atom. The summed E-state index contributed by atoms with van der Waals surface area (Å²) in [4.78, 5) is 26.4. The SMILES string of the molecule is COC1=NC(NS(=O)(=O)c2ccc(N=C3C(=O)c4ccccc4C(=S)C3C)cc2)CC(P)=N1. The summed E-state index contributed by atoms with van der Waals surface area (Å²) in [6.45, 7) is 1.85. The monoisotopic (exact) mass is 500 g/mol. The molecule has 0 bridgehead atoms. The van der Waals surface area contributed by atoms with Gasteiger partial charge in [-0.05, 0) is 24.3 Å². The van der Waals surface area contributed by atoms with Crippen LogP contribution < -0.4 is 4.72 Å². The van der Waals surface area contributed by atoms with Gasteiger partial charge < -0.3 is 4.74 Å². The lowest BCUT2D eigenvalue weighted by Crippen LogP contribution is -2.37. The van der Waals surface area contributed by atoms with Gasteiger partial charge in [-0.15, -0.1) is 0 Å². The number of rotatable bonds is 4. The van der Waals surface area contributed by atoms with E-state index in [2.05, 4.69) is 28.9 Å². The fourth-order valence-electron chi connectivity index (χ4n) is 3.56. The molecule has 8 nitrogen and oxygen atoms in total. The molecule has 4 rings (SSSR count). The number of nitrogens with one attached hydrogen (secondary N) is 1.